The van der Waals surface area contributed by atoms with Gasteiger partial charge in [0.1, 0.15) is 0 Å². The molecule has 0 aliphatic heterocycles. The number of aromatic nitrogens is 2. The van der Waals surface area contributed by atoms with Crippen LogP contribution in [0.2, 0.25) is 0 Å². The fourth-order valence-electron chi connectivity index (χ4n) is 14.5. The fraction of sp³-hybridized carbons (Fsp3) is 0.0500. The summed E-state index contributed by atoms with van der Waals surface area (Å²) in [6.07, 6.45) is 3.69. The molecule has 0 fully saturated rings. The van der Waals surface area contributed by atoms with Crippen LogP contribution in [0.5, 0.6) is 0 Å². The van der Waals surface area contributed by atoms with Gasteiger partial charge in [-0.2, -0.15) is 0 Å². The van der Waals surface area contributed by atoms with Gasteiger partial charge in [0, 0.05) is 27.5 Å². The second-order valence-corrected chi connectivity index (χ2v) is 24.7. The predicted octanol–water partition coefficient (Wildman–Crippen LogP) is 20.8. The molecule has 0 spiro atoms. The summed E-state index contributed by atoms with van der Waals surface area (Å²) in [5.74, 6) is 0. The summed E-state index contributed by atoms with van der Waals surface area (Å²) >= 11 is 0.164. The summed E-state index contributed by atoms with van der Waals surface area (Å²) in [5, 5.41) is 18.5. The first kappa shape index (κ1) is 48.0. The van der Waals surface area contributed by atoms with E-state index in [0.29, 0.717) is 0 Å². The first-order valence-electron chi connectivity index (χ1n) is 29.2. The van der Waals surface area contributed by atoms with E-state index in [9.17, 15) is 0 Å². The Morgan fingerprint density at radius 1 is 0.241 bits per heavy atom. The molecule has 14 aromatic carbocycles. The van der Waals surface area contributed by atoms with E-state index < -0.39 is 0 Å². The zero-order valence-electron chi connectivity index (χ0n) is 45.7. The second-order valence-electron chi connectivity index (χ2n) is 22.4. The Morgan fingerprint density at radius 3 is 1.07 bits per heavy atom. The van der Waals surface area contributed by atoms with E-state index in [1.54, 1.807) is 0 Å². The van der Waals surface area contributed by atoms with Crippen molar-refractivity contribution < 1.29 is 0 Å². The van der Waals surface area contributed by atoms with Crippen molar-refractivity contribution in [3.8, 4) is 33.6 Å². The largest absolute Gasteiger partial charge is 0.0602 e. The van der Waals surface area contributed by atoms with E-state index in [2.05, 4.69) is 288 Å². The van der Waals surface area contributed by atoms with Gasteiger partial charge in [0.25, 0.3) is 0 Å². The maximum atomic E-state index is 2.53. The van der Waals surface area contributed by atoms with Crippen LogP contribution in [0, 0.1) is 0 Å². The van der Waals surface area contributed by atoms with Crippen LogP contribution in [0.1, 0.15) is 22.3 Å². The Bertz CT molecular complexity index is 5330. The number of hydrogen-bond acceptors (Lipinski definition) is 0. The van der Waals surface area contributed by atoms with Crippen LogP contribution in [0.3, 0.4) is 0 Å². The van der Waals surface area contributed by atoms with Crippen molar-refractivity contribution in [2.24, 2.45) is 0 Å². The topological polar surface area (TPSA) is 9.86 Å². The predicted molar refractivity (Wildman–Crippen MR) is 356 cm³/mol. The van der Waals surface area contributed by atoms with Crippen LogP contribution in [0.4, 0.5) is 0 Å². The van der Waals surface area contributed by atoms with Crippen molar-refractivity contribution in [2.45, 2.75) is 25.7 Å². The molecule has 17 rings (SSSR count). The molecule has 17 aromatic rings. The molecule has 0 radical (unpaired) electrons. The second kappa shape index (κ2) is 19.5. The number of para-hydroxylation sites is 6. The van der Waals surface area contributed by atoms with Crippen molar-refractivity contribution >= 4 is 120 Å². The summed E-state index contributed by atoms with van der Waals surface area (Å²) < 4.78 is 7.86. The van der Waals surface area contributed by atoms with Gasteiger partial charge in [0.05, 0.1) is 11.0 Å². The fourth-order valence-corrected chi connectivity index (χ4v) is 16.8. The number of nitrogens with zero attached hydrogens (tertiary/aromatic N) is 2. The molecule has 2 nitrogen and oxygen atoms in total. The van der Waals surface area contributed by atoms with Crippen LogP contribution in [-0.4, -0.2) is 23.6 Å². The average molecular weight is 1120 g/mol. The molecule has 3 aromatic heterocycles. The Hall–Kier alpha value is -9.76. The summed E-state index contributed by atoms with van der Waals surface area (Å²) in [5.41, 5.74) is 18.3. The molecule has 83 heavy (non-hydrogen) atoms. The smallest absolute Gasteiger partial charge is 0.0380 e. The minimum absolute atomic E-state index is 0.164. The standard InChI is InChI=1S/C80H54N2Se/c1-3-23-55(24-4-1)81-73-39-17-15-31-63(73)70-37-19-21-51(79(70)81)41-45-61-57-27-7-11-33-66(57)77(67-34-12-8-28-58(61)67)53-44-48-75-72(49-53)65-47-43-54(50-76(65)83-75)78-68-35-13-9-29-59(68)62(60-30-10-14-36-69(60)78)46-42-52-22-20-38-71-64-32-16-18-40-74(64)82(80(52)71)56-25-5-2-6-26-56/h1-40,43-44,47-50H,41-42,45-46H2. The normalized spacial score (nSPS) is 12.0. The molecule has 0 amide bonds. The van der Waals surface area contributed by atoms with E-state index in [1.165, 1.54) is 162 Å². The van der Waals surface area contributed by atoms with Gasteiger partial charge in [-0.1, -0.05) is 91.0 Å². The monoisotopic (exact) mass is 1120 g/mol. The zero-order valence-corrected chi connectivity index (χ0v) is 47.4. The van der Waals surface area contributed by atoms with Crippen LogP contribution in [0.25, 0.3) is 140 Å². The summed E-state index contributed by atoms with van der Waals surface area (Å²) in [7, 11) is 0. The summed E-state index contributed by atoms with van der Waals surface area (Å²) in [4.78, 5) is 0. The van der Waals surface area contributed by atoms with Gasteiger partial charge in [-0.05, 0) is 36.4 Å². The van der Waals surface area contributed by atoms with Crippen molar-refractivity contribution in [2.75, 3.05) is 0 Å². The molecule has 0 saturated heterocycles. The van der Waals surface area contributed by atoms with Gasteiger partial charge in [-0.25, -0.2) is 0 Å². The van der Waals surface area contributed by atoms with Crippen LogP contribution < -0.4 is 0 Å². The van der Waals surface area contributed by atoms with Gasteiger partial charge in [-0.15, -0.1) is 0 Å². The maximum Gasteiger partial charge on any atom is -0.0380 e. The zero-order chi connectivity index (χ0) is 54.5. The Morgan fingerprint density at radius 2 is 0.614 bits per heavy atom. The maximum absolute atomic E-state index is 2.53. The molecular weight excluding hydrogens is 1070 g/mol. The van der Waals surface area contributed by atoms with Gasteiger partial charge in [-0.3, -0.25) is 0 Å². The molecule has 390 valence electrons. The number of rotatable bonds is 10. The van der Waals surface area contributed by atoms with E-state index in [-0.39, 0.29) is 14.5 Å². The molecule has 0 bridgehead atoms. The minimum Gasteiger partial charge on any atom is -0.0602 e. The molecule has 0 N–H and O–H groups in total. The minimum atomic E-state index is 0.164. The van der Waals surface area contributed by atoms with Crippen LogP contribution in [-0.2, 0) is 25.7 Å². The molecule has 0 aliphatic carbocycles. The third kappa shape index (κ3) is 7.62. The molecule has 0 unspecified atom stereocenters. The number of hydrogen-bond donors (Lipinski definition) is 0. The Labute approximate surface area is 487 Å². The first-order valence-corrected chi connectivity index (χ1v) is 30.9. The van der Waals surface area contributed by atoms with Gasteiger partial charge in [0.2, 0.25) is 0 Å². The quantitative estimate of drug-likeness (QED) is 0.0954. The number of fused-ring (bicyclic) bond motifs is 13. The number of benzene rings is 14. The molecule has 3 heteroatoms. The van der Waals surface area contributed by atoms with Crippen LogP contribution >= 0.6 is 0 Å². The van der Waals surface area contributed by atoms with E-state index in [4.69, 9.17) is 0 Å². The Balaban J connectivity index is 0.750. The molecule has 0 aliphatic rings. The third-order valence-electron chi connectivity index (χ3n) is 18.0. The van der Waals surface area contributed by atoms with Crippen molar-refractivity contribution in [1.29, 1.82) is 0 Å². The molecule has 0 saturated carbocycles. The van der Waals surface area contributed by atoms with Crippen molar-refractivity contribution in [1.82, 2.24) is 9.13 Å². The van der Waals surface area contributed by atoms with Gasteiger partial charge >= 0.3 is 320 Å². The molecule has 0 atom stereocenters. The van der Waals surface area contributed by atoms with Gasteiger partial charge < -0.3 is 4.57 Å². The summed E-state index contributed by atoms with van der Waals surface area (Å²) in [6.45, 7) is 0. The molecular formula is C80H54N2Se. The van der Waals surface area contributed by atoms with E-state index in [0.717, 1.165) is 25.7 Å². The van der Waals surface area contributed by atoms with E-state index in [1.807, 2.05) is 0 Å². The molecule has 3 heterocycles. The van der Waals surface area contributed by atoms with E-state index >= 15 is 0 Å². The average Bonchev–Trinajstić information content (AvgIpc) is 2.90. The number of aryl methyl sites for hydroxylation is 4. The third-order valence-corrected chi connectivity index (χ3v) is 20.4. The van der Waals surface area contributed by atoms with Crippen LogP contribution in [0.15, 0.2) is 279 Å². The SMILES string of the molecule is c1ccc(-n2c3ccccc3c3cccc(CCc4c5ccccc5c(-c5ccc6c(c5)[se]c5ccc(-c7c8ccccc8c(CCc8cccc9c%10ccccc%10n(-c%10ccccc%10)c89)c8ccccc78)cc56)c5ccccc45)c32)cc1. The van der Waals surface area contributed by atoms with Crippen molar-refractivity contribution in [3.05, 3.63) is 301 Å². The summed E-state index contributed by atoms with van der Waals surface area (Å²) in [6, 6.07) is 105. The Kier molecular flexibility index (Phi) is 11.3. The van der Waals surface area contributed by atoms with Gasteiger partial charge in [0.15, 0.2) is 0 Å². The first-order chi connectivity index (χ1) is 41.2. The van der Waals surface area contributed by atoms with Crippen molar-refractivity contribution in [3.63, 3.8) is 0 Å².